The molecule has 0 aliphatic heterocycles. The van der Waals surface area contributed by atoms with Crippen molar-refractivity contribution in [2.75, 3.05) is 25.1 Å². The van der Waals surface area contributed by atoms with Gasteiger partial charge in [-0.3, -0.25) is 9.59 Å². The molecular weight excluding hydrogens is 286 g/mol. The van der Waals surface area contributed by atoms with Gasteiger partial charge in [-0.25, -0.2) is 0 Å². The van der Waals surface area contributed by atoms with Gasteiger partial charge in [0.2, 0.25) is 11.8 Å². The van der Waals surface area contributed by atoms with Crippen LogP contribution in [-0.4, -0.2) is 42.1 Å². The first-order chi connectivity index (χ1) is 9.95. The predicted octanol–water partition coefficient (Wildman–Crippen LogP) is 1.41. The molecule has 21 heavy (non-hydrogen) atoms. The van der Waals surface area contributed by atoms with Crippen LogP contribution in [0.3, 0.4) is 0 Å². The average molecular weight is 307 g/mol. The highest BCUT2D eigenvalue weighted by Crippen LogP contribution is 2.24. The number of carbonyl (C=O) groups excluding carboxylic acids is 2. The Labute approximate surface area is 129 Å². The van der Waals surface area contributed by atoms with E-state index in [9.17, 15) is 9.59 Å². The van der Waals surface area contributed by atoms with E-state index < -0.39 is 0 Å². The zero-order chi connectivity index (χ0) is 15.4. The van der Waals surface area contributed by atoms with Crippen LogP contribution in [-0.2, 0) is 9.59 Å². The molecule has 0 aromatic heterocycles. The molecule has 2 rings (SSSR count). The molecule has 1 aromatic rings. The Morgan fingerprint density at radius 3 is 2.76 bits per heavy atom. The first-order valence-corrected chi connectivity index (χ1v) is 7.96. The van der Waals surface area contributed by atoms with Crippen LogP contribution in [0.5, 0.6) is 0 Å². The van der Waals surface area contributed by atoms with Crippen LogP contribution in [0.1, 0.15) is 18.4 Å². The van der Waals surface area contributed by atoms with Crippen molar-refractivity contribution in [3.8, 4) is 0 Å². The molecule has 1 aromatic carbocycles. The second kappa shape index (κ2) is 6.85. The molecule has 1 saturated carbocycles. The molecule has 1 aliphatic rings. The molecule has 0 spiro atoms. The van der Waals surface area contributed by atoms with Crippen molar-refractivity contribution in [1.82, 2.24) is 10.2 Å². The number of nitrogens with two attached hydrogens (primary N) is 1. The summed E-state index contributed by atoms with van der Waals surface area (Å²) in [6.07, 6.45) is 2.10. The molecule has 0 atom stereocenters. The molecule has 3 N–H and O–H groups in total. The highest BCUT2D eigenvalue weighted by molar-refractivity contribution is 8.00. The maximum atomic E-state index is 12.0. The molecule has 0 saturated heterocycles. The highest BCUT2D eigenvalue weighted by atomic mass is 32.2. The Morgan fingerprint density at radius 2 is 2.14 bits per heavy atom. The summed E-state index contributed by atoms with van der Waals surface area (Å²) < 4.78 is 0. The summed E-state index contributed by atoms with van der Waals surface area (Å²) in [5.74, 6) is 0.182. The van der Waals surface area contributed by atoms with Gasteiger partial charge in [-0.15, -0.1) is 11.8 Å². The van der Waals surface area contributed by atoms with E-state index in [2.05, 4.69) is 5.32 Å². The lowest BCUT2D eigenvalue weighted by atomic mass is 10.2. The lowest BCUT2D eigenvalue weighted by molar-refractivity contribution is -0.132. The number of benzene rings is 1. The van der Waals surface area contributed by atoms with Crippen molar-refractivity contribution in [3.63, 3.8) is 0 Å². The number of thioether (sulfide) groups is 1. The number of nitrogen functional groups attached to an aromatic ring is 1. The van der Waals surface area contributed by atoms with Crippen molar-refractivity contribution >= 4 is 29.3 Å². The molecule has 1 aliphatic carbocycles. The Kier molecular flexibility index (Phi) is 5.12. The molecular formula is C15H21N3O2S. The number of nitrogens with zero attached hydrogens (tertiary/aromatic N) is 1. The van der Waals surface area contributed by atoms with Gasteiger partial charge < -0.3 is 16.0 Å². The molecule has 1 fully saturated rings. The number of anilines is 1. The summed E-state index contributed by atoms with van der Waals surface area (Å²) in [6, 6.07) is 5.96. The average Bonchev–Trinajstić information content (AvgIpc) is 3.21. The van der Waals surface area contributed by atoms with Crippen LogP contribution in [0, 0.1) is 6.92 Å². The molecule has 0 unspecified atom stereocenters. The summed E-state index contributed by atoms with van der Waals surface area (Å²) in [4.78, 5) is 26.2. The van der Waals surface area contributed by atoms with E-state index in [1.807, 2.05) is 25.1 Å². The standard InChI is InChI=1S/C15H21N3O2S/c1-10-7-11(16)3-6-13(10)21-9-15(20)18(2)8-14(19)17-12-4-5-12/h3,6-7,12H,4-5,8-9,16H2,1-2H3,(H,17,19). The minimum atomic E-state index is -0.0815. The van der Waals surface area contributed by atoms with Crippen LogP contribution < -0.4 is 11.1 Å². The highest BCUT2D eigenvalue weighted by Gasteiger charge is 2.24. The number of nitrogens with one attached hydrogen (secondary N) is 1. The van der Waals surface area contributed by atoms with Crippen molar-refractivity contribution in [1.29, 1.82) is 0 Å². The van der Waals surface area contributed by atoms with Crippen LogP contribution in [0.25, 0.3) is 0 Å². The lowest BCUT2D eigenvalue weighted by Gasteiger charge is -2.17. The number of hydrogen-bond acceptors (Lipinski definition) is 4. The maximum absolute atomic E-state index is 12.0. The zero-order valence-electron chi connectivity index (χ0n) is 12.4. The fourth-order valence-corrected chi connectivity index (χ4v) is 2.84. The lowest BCUT2D eigenvalue weighted by Crippen LogP contribution is -2.39. The summed E-state index contributed by atoms with van der Waals surface area (Å²) >= 11 is 1.47. The summed E-state index contributed by atoms with van der Waals surface area (Å²) in [7, 11) is 1.66. The van der Waals surface area contributed by atoms with Crippen LogP contribution in [0.4, 0.5) is 5.69 Å². The van der Waals surface area contributed by atoms with Crippen molar-refractivity contribution < 1.29 is 9.59 Å². The normalized spacial score (nSPS) is 13.8. The molecule has 0 radical (unpaired) electrons. The van der Waals surface area contributed by atoms with Gasteiger partial charge in [0, 0.05) is 23.7 Å². The van der Waals surface area contributed by atoms with E-state index in [-0.39, 0.29) is 18.4 Å². The fraction of sp³-hybridized carbons (Fsp3) is 0.467. The van der Waals surface area contributed by atoms with Crippen molar-refractivity contribution in [2.45, 2.75) is 30.7 Å². The SMILES string of the molecule is Cc1cc(N)ccc1SCC(=O)N(C)CC(=O)NC1CC1. The Hall–Kier alpha value is -1.69. The van der Waals surface area contributed by atoms with E-state index >= 15 is 0 Å². The largest absolute Gasteiger partial charge is 0.399 e. The quantitative estimate of drug-likeness (QED) is 0.615. The Balaban J connectivity index is 1.78. The summed E-state index contributed by atoms with van der Waals surface area (Å²) in [6.45, 7) is 2.09. The van der Waals surface area contributed by atoms with Gasteiger partial charge >= 0.3 is 0 Å². The second-order valence-electron chi connectivity index (χ2n) is 5.41. The van der Waals surface area contributed by atoms with E-state index in [0.29, 0.717) is 11.8 Å². The Morgan fingerprint density at radius 1 is 1.43 bits per heavy atom. The predicted molar refractivity (Wildman–Crippen MR) is 85.1 cm³/mol. The number of rotatable bonds is 6. The van der Waals surface area contributed by atoms with E-state index in [0.717, 1.165) is 29.0 Å². The number of amides is 2. The third kappa shape index (κ3) is 4.97. The molecule has 0 heterocycles. The number of aryl methyl sites for hydroxylation is 1. The van der Waals surface area contributed by atoms with Gasteiger partial charge in [-0.1, -0.05) is 0 Å². The fourth-order valence-electron chi connectivity index (χ4n) is 1.89. The van der Waals surface area contributed by atoms with Gasteiger partial charge in [-0.05, 0) is 43.5 Å². The Bertz CT molecular complexity index is 544. The molecule has 2 amide bonds. The van der Waals surface area contributed by atoms with Gasteiger partial charge in [0.15, 0.2) is 0 Å². The second-order valence-corrected chi connectivity index (χ2v) is 6.42. The minimum Gasteiger partial charge on any atom is -0.399 e. The van der Waals surface area contributed by atoms with Gasteiger partial charge in [0.25, 0.3) is 0 Å². The third-order valence-electron chi connectivity index (χ3n) is 3.30. The number of carbonyl (C=O) groups is 2. The zero-order valence-corrected chi connectivity index (χ0v) is 13.2. The van der Waals surface area contributed by atoms with Crippen LogP contribution in [0.15, 0.2) is 23.1 Å². The molecule has 5 nitrogen and oxygen atoms in total. The minimum absolute atomic E-state index is 0.0535. The topological polar surface area (TPSA) is 75.4 Å². The molecule has 0 bridgehead atoms. The summed E-state index contributed by atoms with van der Waals surface area (Å²) in [5.41, 5.74) is 7.48. The van der Waals surface area contributed by atoms with Gasteiger partial charge in [0.05, 0.1) is 12.3 Å². The summed E-state index contributed by atoms with van der Waals surface area (Å²) in [5, 5.41) is 2.88. The van der Waals surface area contributed by atoms with Crippen molar-refractivity contribution in [2.24, 2.45) is 0 Å². The smallest absolute Gasteiger partial charge is 0.239 e. The molecule has 114 valence electrons. The number of likely N-dealkylation sites (N-methyl/N-ethyl adjacent to an activating group) is 1. The van der Waals surface area contributed by atoms with Gasteiger partial charge in [-0.2, -0.15) is 0 Å². The first kappa shape index (κ1) is 15.7. The maximum Gasteiger partial charge on any atom is 0.239 e. The van der Waals surface area contributed by atoms with Crippen LogP contribution in [0.2, 0.25) is 0 Å². The van der Waals surface area contributed by atoms with Crippen LogP contribution >= 0.6 is 11.8 Å². The monoisotopic (exact) mass is 307 g/mol. The van der Waals surface area contributed by atoms with E-state index in [4.69, 9.17) is 5.73 Å². The third-order valence-corrected chi connectivity index (χ3v) is 4.46. The first-order valence-electron chi connectivity index (χ1n) is 6.98. The number of hydrogen-bond donors (Lipinski definition) is 2. The van der Waals surface area contributed by atoms with Crippen molar-refractivity contribution in [3.05, 3.63) is 23.8 Å². The van der Waals surface area contributed by atoms with Gasteiger partial charge in [0.1, 0.15) is 0 Å². The molecule has 6 heteroatoms. The van der Waals surface area contributed by atoms with E-state index in [1.54, 1.807) is 7.05 Å². The van der Waals surface area contributed by atoms with E-state index in [1.165, 1.54) is 16.7 Å².